The van der Waals surface area contributed by atoms with Gasteiger partial charge in [0.1, 0.15) is 23.9 Å². The molecule has 1 amide bonds. The van der Waals surface area contributed by atoms with Gasteiger partial charge in [-0.1, -0.05) is 19.8 Å². The number of halogens is 3. The number of aliphatic carboxylic acids is 1. The number of carboxylic acid groups (broad SMARTS) is 1. The number of fused-ring (bicyclic) bond motifs is 1. The van der Waals surface area contributed by atoms with Gasteiger partial charge in [-0.05, 0) is 20.3 Å². The number of nitrogens with one attached hydrogen (secondary N) is 1. The summed E-state index contributed by atoms with van der Waals surface area (Å²) in [6, 6.07) is 0.790. The first-order chi connectivity index (χ1) is 15.9. The summed E-state index contributed by atoms with van der Waals surface area (Å²) in [5.74, 6) is -1.55. The zero-order chi connectivity index (χ0) is 25.5. The third-order valence-electron chi connectivity index (χ3n) is 7.18. The van der Waals surface area contributed by atoms with Gasteiger partial charge in [0.05, 0.1) is 31.1 Å². The number of amides is 1. The van der Waals surface area contributed by atoms with Crippen LogP contribution in [0, 0.1) is 0 Å². The lowest BCUT2D eigenvalue weighted by molar-refractivity contribution is -0.957. The van der Waals surface area contributed by atoms with Gasteiger partial charge < -0.3 is 24.4 Å². The van der Waals surface area contributed by atoms with Crippen molar-refractivity contribution in [2.45, 2.75) is 103 Å². The van der Waals surface area contributed by atoms with Crippen molar-refractivity contribution in [1.29, 1.82) is 0 Å². The maximum Gasteiger partial charge on any atom is 0.430 e. The van der Waals surface area contributed by atoms with Crippen LogP contribution in [-0.2, 0) is 19.1 Å². The molecule has 2 unspecified atom stereocenters. The van der Waals surface area contributed by atoms with Crippen molar-refractivity contribution in [3.05, 3.63) is 11.3 Å². The molecule has 0 saturated carbocycles. The summed E-state index contributed by atoms with van der Waals surface area (Å²) < 4.78 is 38.7. The number of ether oxygens (including phenoxy) is 1. The molecule has 0 aromatic heterocycles. The molecule has 1 saturated heterocycles. The number of alkyl halides is 3. The molecule has 3 heterocycles. The number of unbranched alkanes of at least 4 members (excludes halogenated alkanes) is 2. The van der Waals surface area contributed by atoms with E-state index >= 15 is 0 Å². The Balaban J connectivity index is 0.000000509. The van der Waals surface area contributed by atoms with Crippen LogP contribution in [-0.4, -0.2) is 66.1 Å². The predicted molar refractivity (Wildman–Crippen MR) is 117 cm³/mol. The van der Waals surface area contributed by atoms with E-state index in [2.05, 4.69) is 19.2 Å². The SMILES string of the molecule is CCCCCC(=O)NCCC[N+]12CCC[C@@H]1CC1=C(C(=O)CC(C)O1)[C@H]2C.O=C([O-])C(F)(F)F. The largest absolute Gasteiger partial charge is 0.542 e. The molecule has 34 heavy (non-hydrogen) atoms. The second-order valence-corrected chi connectivity index (χ2v) is 9.56. The molecule has 0 bridgehead atoms. The Kier molecular flexibility index (Phi) is 9.96. The van der Waals surface area contributed by atoms with E-state index < -0.39 is 12.1 Å². The van der Waals surface area contributed by atoms with Crippen molar-refractivity contribution in [2.75, 3.05) is 19.6 Å². The van der Waals surface area contributed by atoms with Gasteiger partial charge >= 0.3 is 6.18 Å². The number of carboxylic acids is 1. The fourth-order valence-electron chi connectivity index (χ4n) is 5.54. The standard InChI is InChI=1S/C22H36N2O3.C2HF3O2/c1-4-5-6-10-21(26)23-11-8-13-24-12-7-9-18(24)15-20-22(17(24)3)19(25)14-16(2)27-20;3-2(4,5)1(6)7/h16-18H,4-15H2,1-3H3;(H,6,7)/t16?,17-,18-,24?;/m1./s1. The maximum atomic E-state index is 12.7. The van der Waals surface area contributed by atoms with Crippen molar-refractivity contribution < 1.29 is 41.9 Å². The number of carbonyl (C=O) groups is 3. The highest BCUT2D eigenvalue weighted by atomic mass is 19.4. The van der Waals surface area contributed by atoms with E-state index in [1.54, 1.807) is 0 Å². The zero-order valence-corrected chi connectivity index (χ0v) is 20.3. The van der Waals surface area contributed by atoms with Gasteiger partial charge in [0.15, 0.2) is 5.78 Å². The van der Waals surface area contributed by atoms with Gasteiger partial charge in [-0.15, -0.1) is 0 Å². The molecule has 1 N–H and O–H groups in total. The fraction of sp³-hybridized carbons (Fsp3) is 0.792. The lowest BCUT2D eigenvalue weighted by Crippen LogP contribution is -2.62. The molecule has 0 spiro atoms. The molecule has 0 radical (unpaired) electrons. The molecule has 4 atom stereocenters. The van der Waals surface area contributed by atoms with Crippen molar-refractivity contribution in [1.82, 2.24) is 5.32 Å². The van der Waals surface area contributed by atoms with Gasteiger partial charge in [0.25, 0.3) is 0 Å². The average Bonchev–Trinajstić information content (AvgIpc) is 3.15. The summed E-state index contributed by atoms with van der Waals surface area (Å²) in [5.41, 5.74) is 0.967. The van der Waals surface area contributed by atoms with E-state index in [1.807, 2.05) is 6.92 Å². The van der Waals surface area contributed by atoms with Crippen LogP contribution < -0.4 is 10.4 Å². The highest BCUT2D eigenvalue weighted by Crippen LogP contribution is 2.44. The minimum absolute atomic E-state index is 0.0211. The van der Waals surface area contributed by atoms with Gasteiger partial charge in [-0.3, -0.25) is 9.59 Å². The van der Waals surface area contributed by atoms with Crippen LogP contribution in [0.4, 0.5) is 13.2 Å². The summed E-state index contributed by atoms with van der Waals surface area (Å²) in [7, 11) is 0. The molecule has 0 aromatic rings. The molecule has 7 nitrogen and oxygen atoms in total. The van der Waals surface area contributed by atoms with Crippen molar-refractivity contribution in [2.24, 2.45) is 0 Å². The smallest absolute Gasteiger partial charge is 0.430 e. The normalized spacial score (nSPS) is 28.3. The Labute approximate surface area is 199 Å². The predicted octanol–water partition coefficient (Wildman–Crippen LogP) is 2.78. The van der Waals surface area contributed by atoms with E-state index in [9.17, 15) is 22.8 Å². The molecule has 0 aromatic carbocycles. The fourth-order valence-corrected chi connectivity index (χ4v) is 5.54. The first-order valence-electron chi connectivity index (χ1n) is 12.3. The second-order valence-electron chi connectivity index (χ2n) is 9.56. The van der Waals surface area contributed by atoms with Crippen molar-refractivity contribution in [3.8, 4) is 0 Å². The van der Waals surface area contributed by atoms with Crippen LogP contribution in [0.1, 0.15) is 78.6 Å². The first kappa shape index (κ1) is 28.1. The Morgan fingerprint density at radius 3 is 2.47 bits per heavy atom. The summed E-state index contributed by atoms with van der Waals surface area (Å²) in [6.07, 6.45) is 3.58. The number of ketones is 1. The number of hydrogen-bond donors (Lipinski definition) is 1. The maximum absolute atomic E-state index is 12.7. The molecule has 0 aliphatic carbocycles. The number of rotatable bonds is 8. The van der Waals surface area contributed by atoms with Crippen LogP contribution >= 0.6 is 0 Å². The summed E-state index contributed by atoms with van der Waals surface area (Å²) in [5, 5.41) is 11.9. The molecular weight excluding hydrogens is 453 g/mol. The minimum Gasteiger partial charge on any atom is -0.542 e. The molecular formula is C24H37F3N2O5. The van der Waals surface area contributed by atoms with Gasteiger partial charge in [0.2, 0.25) is 5.91 Å². The summed E-state index contributed by atoms with van der Waals surface area (Å²) >= 11 is 0. The van der Waals surface area contributed by atoms with Crippen LogP contribution in [0.3, 0.4) is 0 Å². The second kappa shape index (κ2) is 12.0. The van der Waals surface area contributed by atoms with Gasteiger partial charge in [0, 0.05) is 38.6 Å². The van der Waals surface area contributed by atoms with E-state index in [1.165, 1.54) is 12.8 Å². The van der Waals surface area contributed by atoms with Crippen molar-refractivity contribution in [3.63, 3.8) is 0 Å². The van der Waals surface area contributed by atoms with Crippen LogP contribution in [0.5, 0.6) is 0 Å². The summed E-state index contributed by atoms with van der Waals surface area (Å²) in [6.45, 7) is 9.32. The van der Waals surface area contributed by atoms with E-state index in [-0.39, 0.29) is 18.1 Å². The van der Waals surface area contributed by atoms with Crippen molar-refractivity contribution >= 4 is 17.7 Å². The zero-order valence-electron chi connectivity index (χ0n) is 20.3. The Bertz CT molecular complexity index is 783. The highest BCUT2D eigenvalue weighted by molar-refractivity contribution is 5.97. The third-order valence-corrected chi connectivity index (χ3v) is 7.18. The molecule has 3 rings (SSSR count). The van der Waals surface area contributed by atoms with Crippen LogP contribution in [0.25, 0.3) is 0 Å². The number of Topliss-reactive ketones (excluding diaryl/α,β-unsaturated/α-hetero) is 1. The van der Waals surface area contributed by atoms with E-state index in [4.69, 9.17) is 14.6 Å². The molecule has 10 heteroatoms. The van der Waals surface area contributed by atoms with Gasteiger partial charge in [-0.25, -0.2) is 0 Å². The molecule has 1 fully saturated rings. The number of hydrogen-bond acceptors (Lipinski definition) is 5. The highest BCUT2D eigenvalue weighted by Gasteiger charge is 2.53. The minimum atomic E-state index is -5.19. The topological polar surface area (TPSA) is 95.5 Å². The van der Waals surface area contributed by atoms with Crippen LogP contribution in [0.15, 0.2) is 11.3 Å². The average molecular weight is 491 g/mol. The lowest BCUT2D eigenvalue weighted by Gasteiger charge is -2.50. The summed E-state index contributed by atoms with van der Waals surface area (Å²) in [4.78, 5) is 33.4. The van der Waals surface area contributed by atoms with Crippen LogP contribution in [0.2, 0.25) is 0 Å². The van der Waals surface area contributed by atoms with E-state index in [0.717, 1.165) is 67.6 Å². The number of quaternary nitrogens is 1. The first-order valence-corrected chi connectivity index (χ1v) is 12.3. The quantitative estimate of drug-likeness (QED) is 0.417. The Hall–Kier alpha value is -2.10. The van der Waals surface area contributed by atoms with E-state index in [0.29, 0.717) is 24.7 Å². The number of nitrogens with zero attached hydrogens (tertiary/aromatic N) is 1. The molecule has 3 aliphatic heterocycles. The van der Waals surface area contributed by atoms with Gasteiger partial charge in [-0.2, -0.15) is 13.2 Å². The number of carbonyl (C=O) groups excluding carboxylic acids is 3. The lowest BCUT2D eigenvalue weighted by atomic mass is 9.85. The Morgan fingerprint density at radius 2 is 1.85 bits per heavy atom. The molecule has 3 aliphatic rings. The third kappa shape index (κ3) is 6.96. The Morgan fingerprint density at radius 1 is 1.18 bits per heavy atom. The molecule has 194 valence electrons. The monoisotopic (exact) mass is 490 g/mol.